The van der Waals surface area contributed by atoms with E-state index in [4.69, 9.17) is 5.73 Å². The Balaban J connectivity index is 2.18. The van der Waals surface area contributed by atoms with E-state index in [0.717, 1.165) is 18.4 Å². The van der Waals surface area contributed by atoms with Gasteiger partial charge in [-0.2, -0.15) is 9.78 Å². The molecule has 1 aromatic heterocycles. The predicted molar refractivity (Wildman–Crippen MR) is 90.9 cm³/mol. The number of fused-ring (bicyclic) bond motifs is 4. The topological polar surface area (TPSA) is 134 Å². The second-order valence-corrected chi connectivity index (χ2v) is 6.47. The third-order valence-corrected chi connectivity index (χ3v) is 4.50. The molecule has 0 radical (unpaired) electrons. The van der Waals surface area contributed by atoms with Crippen molar-refractivity contribution in [2.75, 3.05) is 5.32 Å². The van der Waals surface area contributed by atoms with Gasteiger partial charge in [0.1, 0.15) is 5.69 Å². The number of hydrogen-bond donors (Lipinski definition) is 5. The molecule has 0 saturated heterocycles. The SMILES string of the molecule is CC1CCCC(N)c2cccc(c2)-c2c(cnn2C(O)(O)O)NC1=O. The highest BCUT2D eigenvalue weighted by Crippen LogP contribution is 2.33. The van der Waals surface area contributed by atoms with Gasteiger partial charge in [0.15, 0.2) is 0 Å². The molecule has 2 unspecified atom stereocenters. The molecule has 0 fully saturated rings. The number of aromatic nitrogens is 2. The van der Waals surface area contributed by atoms with Crippen LogP contribution in [0.4, 0.5) is 5.69 Å². The highest BCUT2D eigenvalue weighted by Gasteiger charge is 2.30. The standard InChI is InChI=1S/C17H22N4O4/c1-10-4-2-7-13(18)11-5-3-6-12(8-11)15-14(20-16(10)22)9-19-21(15)17(23,24)25/h3,5-6,8-10,13,23-25H,2,4,7,18H2,1H3,(H,20,22). The molecule has 0 aliphatic carbocycles. The number of nitrogens with two attached hydrogens (primary N) is 1. The lowest BCUT2D eigenvalue weighted by atomic mass is 9.95. The minimum absolute atomic E-state index is 0.183. The van der Waals surface area contributed by atoms with Crippen molar-refractivity contribution in [3.8, 4) is 11.3 Å². The maximum absolute atomic E-state index is 12.4. The summed E-state index contributed by atoms with van der Waals surface area (Å²) in [6.07, 6.45) is 0.317. The van der Waals surface area contributed by atoms with Gasteiger partial charge in [0.25, 0.3) is 0 Å². The van der Waals surface area contributed by atoms with E-state index in [0.29, 0.717) is 16.7 Å². The molecular weight excluding hydrogens is 324 g/mol. The average Bonchev–Trinajstić information content (AvgIpc) is 2.97. The van der Waals surface area contributed by atoms with E-state index in [1.807, 2.05) is 13.0 Å². The molecule has 8 nitrogen and oxygen atoms in total. The number of aliphatic hydroxyl groups is 3. The maximum atomic E-state index is 12.4. The van der Waals surface area contributed by atoms with Crippen molar-refractivity contribution in [3.63, 3.8) is 0 Å². The van der Waals surface area contributed by atoms with Crippen LogP contribution in [-0.4, -0.2) is 31.0 Å². The first-order chi connectivity index (χ1) is 11.8. The molecule has 0 saturated carbocycles. The van der Waals surface area contributed by atoms with Crippen molar-refractivity contribution in [2.24, 2.45) is 11.7 Å². The van der Waals surface area contributed by atoms with Gasteiger partial charge in [-0.15, -0.1) is 0 Å². The number of carbonyl (C=O) groups excluding carboxylic acids is 1. The van der Waals surface area contributed by atoms with Crippen molar-refractivity contribution >= 4 is 11.6 Å². The molecule has 3 rings (SSSR count). The number of hydrogen-bond acceptors (Lipinski definition) is 6. The summed E-state index contributed by atoms with van der Waals surface area (Å²) in [4.78, 5) is 12.4. The zero-order chi connectivity index (χ0) is 18.2. The van der Waals surface area contributed by atoms with Crippen molar-refractivity contribution in [2.45, 2.75) is 38.3 Å². The Morgan fingerprint density at radius 2 is 2.08 bits per heavy atom. The lowest BCUT2D eigenvalue weighted by molar-refractivity contribution is -0.379. The Morgan fingerprint density at radius 1 is 1.32 bits per heavy atom. The van der Waals surface area contributed by atoms with E-state index in [-0.39, 0.29) is 29.2 Å². The van der Waals surface area contributed by atoms with Crippen LogP contribution in [0.25, 0.3) is 11.3 Å². The van der Waals surface area contributed by atoms with E-state index in [1.54, 1.807) is 18.2 Å². The fourth-order valence-corrected chi connectivity index (χ4v) is 3.06. The quantitative estimate of drug-likeness (QED) is 0.486. The second kappa shape index (κ2) is 6.57. The third-order valence-electron chi connectivity index (χ3n) is 4.50. The van der Waals surface area contributed by atoms with Crippen LogP contribution in [0.15, 0.2) is 30.5 Å². The molecule has 8 heteroatoms. The summed E-state index contributed by atoms with van der Waals surface area (Å²) in [6, 6.07) is 7.00. The smallest absolute Gasteiger partial charge is 0.324 e. The van der Waals surface area contributed by atoms with Crippen molar-refractivity contribution < 1.29 is 20.1 Å². The first-order valence-corrected chi connectivity index (χ1v) is 8.19. The van der Waals surface area contributed by atoms with Gasteiger partial charge in [-0.05, 0) is 24.5 Å². The second-order valence-electron chi connectivity index (χ2n) is 6.47. The number of anilines is 1. The summed E-state index contributed by atoms with van der Waals surface area (Å²) >= 11 is 0. The molecule has 2 aromatic rings. The highest BCUT2D eigenvalue weighted by molar-refractivity contribution is 5.95. The molecule has 134 valence electrons. The highest BCUT2D eigenvalue weighted by atomic mass is 16.7. The monoisotopic (exact) mass is 346 g/mol. The first kappa shape index (κ1) is 17.6. The first-order valence-electron chi connectivity index (χ1n) is 8.19. The normalized spacial score (nSPS) is 21.7. The summed E-state index contributed by atoms with van der Waals surface area (Å²) in [7, 11) is 0. The Kier molecular flexibility index (Phi) is 4.61. The van der Waals surface area contributed by atoms with Crippen LogP contribution in [-0.2, 0) is 10.9 Å². The average molecular weight is 346 g/mol. The fraction of sp³-hybridized carbons (Fsp3) is 0.412. The summed E-state index contributed by atoms with van der Waals surface area (Å²) in [5, 5.41) is 35.4. The Hall–Kier alpha value is -2.26. The van der Waals surface area contributed by atoms with Gasteiger partial charge < -0.3 is 26.4 Å². The van der Waals surface area contributed by atoms with E-state index >= 15 is 0 Å². The van der Waals surface area contributed by atoms with Crippen LogP contribution in [0, 0.1) is 5.92 Å². The Morgan fingerprint density at radius 3 is 2.80 bits per heavy atom. The van der Waals surface area contributed by atoms with Crippen LogP contribution < -0.4 is 11.1 Å². The van der Waals surface area contributed by atoms with E-state index in [2.05, 4.69) is 10.4 Å². The van der Waals surface area contributed by atoms with Crippen LogP contribution >= 0.6 is 0 Å². The summed E-state index contributed by atoms with van der Waals surface area (Å²) < 4.78 is 0.643. The molecular formula is C17H22N4O4. The van der Waals surface area contributed by atoms with Gasteiger partial charge in [-0.1, -0.05) is 31.5 Å². The van der Waals surface area contributed by atoms with Gasteiger partial charge in [0, 0.05) is 17.5 Å². The van der Waals surface area contributed by atoms with Crippen LogP contribution in [0.2, 0.25) is 0 Å². The van der Waals surface area contributed by atoms with E-state index in [9.17, 15) is 20.1 Å². The summed E-state index contributed by atoms with van der Waals surface area (Å²) in [5.74, 6) is -0.436. The number of benzene rings is 1. The minimum Gasteiger partial charge on any atom is -0.324 e. The number of carbonyl (C=O) groups is 1. The third kappa shape index (κ3) is 3.57. The van der Waals surface area contributed by atoms with Gasteiger partial charge >= 0.3 is 6.10 Å². The molecule has 1 aromatic carbocycles. The lowest BCUT2D eigenvalue weighted by Crippen LogP contribution is -2.34. The van der Waals surface area contributed by atoms with E-state index < -0.39 is 6.10 Å². The Labute approximate surface area is 144 Å². The van der Waals surface area contributed by atoms with Gasteiger partial charge in [0.2, 0.25) is 5.91 Å². The molecule has 2 atom stereocenters. The largest absolute Gasteiger partial charge is 0.389 e. The zero-order valence-electron chi connectivity index (χ0n) is 13.9. The number of nitrogens with zero attached hydrogens (tertiary/aromatic N) is 2. The molecule has 1 amide bonds. The van der Waals surface area contributed by atoms with Gasteiger partial charge in [-0.25, -0.2) is 0 Å². The molecule has 2 heterocycles. The number of nitrogens with one attached hydrogen (secondary N) is 1. The van der Waals surface area contributed by atoms with Gasteiger partial charge in [0.05, 0.1) is 11.9 Å². The van der Waals surface area contributed by atoms with Crippen molar-refractivity contribution in [1.29, 1.82) is 0 Å². The van der Waals surface area contributed by atoms with Crippen LogP contribution in [0.3, 0.4) is 0 Å². The van der Waals surface area contributed by atoms with Gasteiger partial charge in [-0.3, -0.25) is 4.79 Å². The van der Waals surface area contributed by atoms with Crippen LogP contribution in [0.1, 0.15) is 37.8 Å². The molecule has 25 heavy (non-hydrogen) atoms. The molecule has 1 aliphatic rings. The van der Waals surface area contributed by atoms with E-state index in [1.165, 1.54) is 6.20 Å². The maximum Gasteiger partial charge on any atom is 0.389 e. The molecule has 6 N–H and O–H groups in total. The molecule has 2 bridgehead atoms. The number of amides is 1. The summed E-state index contributed by atoms with van der Waals surface area (Å²) in [6.45, 7) is 1.82. The molecule has 0 spiro atoms. The van der Waals surface area contributed by atoms with Crippen molar-refractivity contribution in [3.05, 3.63) is 36.0 Å². The fourth-order valence-electron chi connectivity index (χ4n) is 3.06. The lowest BCUT2D eigenvalue weighted by Gasteiger charge is -2.21. The van der Waals surface area contributed by atoms with Crippen molar-refractivity contribution in [1.82, 2.24) is 9.78 Å². The minimum atomic E-state index is -3.20. The number of rotatable bonds is 1. The van der Waals surface area contributed by atoms with Crippen LogP contribution in [0.5, 0.6) is 0 Å². The Bertz CT molecular complexity index is 781. The summed E-state index contributed by atoms with van der Waals surface area (Å²) in [5.41, 5.74) is 8.15. The molecule has 1 aliphatic heterocycles. The zero-order valence-corrected chi connectivity index (χ0v) is 13.9. The predicted octanol–water partition coefficient (Wildman–Crippen LogP) is 0.853.